The maximum atomic E-state index is 14.4. The van der Waals surface area contributed by atoms with Crippen molar-refractivity contribution in [3.63, 3.8) is 0 Å². The van der Waals surface area contributed by atoms with Crippen LogP contribution in [0.3, 0.4) is 0 Å². The highest BCUT2D eigenvalue weighted by Gasteiger charge is 2.33. The minimum Gasteiger partial charge on any atom is -0.444 e. The van der Waals surface area contributed by atoms with Crippen LogP contribution >= 0.6 is 0 Å². The van der Waals surface area contributed by atoms with Crippen LogP contribution in [-0.4, -0.2) is 50.3 Å². The number of cyclic esters (lactones) is 1. The summed E-state index contributed by atoms with van der Waals surface area (Å²) in [5.41, 5.74) is 8.77. The Morgan fingerprint density at radius 2 is 2.16 bits per heavy atom. The van der Waals surface area contributed by atoms with Gasteiger partial charge in [0.1, 0.15) is 11.9 Å². The third-order valence-corrected chi connectivity index (χ3v) is 4.16. The van der Waals surface area contributed by atoms with E-state index in [-0.39, 0.29) is 38.3 Å². The third kappa shape index (κ3) is 3.48. The molecule has 2 aliphatic rings. The Labute approximate surface area is 141 Å². The summed E-state index contributed by atoms with van der Waals surface area (Å²) in [7, 11) is 0. The van der Waals surface area contributed by atoms with Crippen LogP contribution in [0.4, 0.5) is 25.0 Å². The second-order valence-corrected chi connectivity index (χ2v) is 5.80. The van der Waals surface area contributed by atoms with Gasteiger partial charge in [-0.05, 0) is 23.7 Å². The second-order valence-electron chi connectivity index (χ2n) is 5.80. The molecule has 3 rings (SSSR count). The van der Waals surface area contributed by atoms with Gasteiger partial charge in [0.2, 0.25) is 0 Å². The van der Waals surface area contributed by atoms with Crippen molar-refractivity contribution in [3.8, 4) is 0 Å². The molecule has 1 unspecified atom stereocenters. The smallest absolute Gasteiger partial charge is 0.414 e. The molecule has 0 saturated carbocycles. The van der Waals surface area contributed by atoms with Crippen molar-refractivity contribution >= 4 is 23.3 Å². The Morgan fingerprint density at radius 3 is 2.84 bits per heavy atom. The molecule has 8 nitrogen and oxygen atoms in total. The van der Waals surface area contributed by atoms with Crippen LogP contribution < -0.4 is 9.80 Å². The van der Waals surface area contributed by atoms with E-state index in [1.165, 1.54) is 21.9 Å². The van der Waals surface area contributed by atoms with Gasteiger partial charge in [-0.1, -0.05) is 5.11 Å². The van der Waals surface area contributed by atoms with Crippen molar-refractivity contribution in [1.29, 1.82) is 0 Å². The largest absolute Gasteiger partial charge is 0.444 e. The maximum Gasteiger partial charge on any atom is 0.414 e. The van der Waals surface area contributed by atoms with Crippen LogP contribution in [0.2, 0.25) is 0 Å². The van der Waals surface area contributed by atoms with Crippen molar-refractivity contribution in [2.24, 2.45) is 5.11 Å². The van der Waals surface area contributed by atoms with Gasteiger partial charge in [0, 0.05) is 17.9 Å². The number of piperidine rings is 1. The predicted molar refractivity (Wildman–Crippen MR) is 84.8 cm³/mol. The summed E-state index contributed by atoms with van der Waals surface area (Å²) >= 11 is 0. The number of hydrogen-bond donors (Lipinski definition) is 0. The van der Waals surface area contributed by atoms with Crippen LogP contribution in [0.1, 0.15) is 6.42 Å². The van der Waals surface area contributed by atoms with Crippen molar-refractivity contribution in [3.05, 3.63) is 34.5 Å². The average Bonchev–Trinajstić information content (AvgIpc) is 2.96. The van der Waals surface area contributed by atoms with Crippen molar-refractivity contribution in [1.82, 2.24) is 0 Å². The quantitative estimate of drug-likeness (QED) is 0.473. The molecule has 0 bridgehead atoms. The fourth-order valence-corrected chi connectivity index (χ4v) is 2.88. The summed E-state index contributed by atoms with van der Waals surface area (Å²) in [4.78, 5) is 28.4. The van der Waals surface area contributed by atoms with E-state index in [9.17, 15) is 18.4 Å². The fraction of sp³-hybridized carbons (Fsp3) is 0.467. The van der Waals surface area contributed by atoms with Crippen LogP contribution in [0.25, 0.3) is 10.4 Å². The average molecular weight is 351 g/mol. The minimum absolute atomic E-state index is 0.000992. The first-order valence-electron chi connectivity index (χ1n) is 7.70. The van der Waals surface area contributed by atoms with Crippen molar-refractivity contribution < 1.29 is 23.1 Å². The summed E-state index contributed by atoms with van der Waals surface area (Å²) in [5, 5.41) is 3.36. The molecule has 2 saturated heterocycles. The standard InChI is InChI=1S/C15H15F2N5O3/c16-11-5-9(22-7-10(6-19-20-18)25-15(22)24)1-2-13(11)21-4-3-14(23)12(17)8-21/h1-2,5,10,12H,3-4,6-8H2/t10-,12?/m0/s1. The number of benzene rings is 1. The number of Topliss-reactive ketones (excluding diaryl/α,β-unsaturated/α-hetero) is 1. The third-order valence-electron chi connectivity index (χ3n) is 4.16. The van der Waals surface area contributed by atoms with Gasteiger partial charge >= 0.3 is 6.09 Å². The first-order chi connectivity index (χ1) is 12.0. The molecule has 25 heavy (non-hydrogen) atoms. The molecule has 0 aliphatic carbocycles. The zero-order valence-corrected chi connectivity index (χ0v) is 13.1. The van der Waals surface area contributed by atoms with E-state index < -0.39 is 30.0 Å². The number of azide groups is 1. The van der Waals surface area contributed by atoms with Crippen molar-refractivity contribution in [2.75, 3.05) is 36.0 Å². The molecule has 2 heterocycles. The normalized spacial score (nSPS) is 23.4. The van der Waals surface area contributed by atoms with Crippen LogP contribution in [0, 0.1) is 5.82 Å². The zero-order chi connectivity index (χ0) is 18.0. The summed E-state index contributed by atoms with van der Waals surface area (Å²) in [6.45, 7) is 0.199. The van der Waals surface area contributed by atoms with E-state index in [0.717, 1.165) is 6.07 Å². The van der Waals surface area contributed by atoms with Crippen LogP contribution in [-0.2, 0) is 9.53 Å². The van der Waals surface area contributed by atoms with E-state index in [2.05, 4.69) is 10.0 Å². The predicted octanol–water partition coefficient (Wildman–Crippen LogP) is 2.58. The molecule has 0 spiro atoms. The highest BCUT2D eigenvalue weighted by Crippen LogP contribution is 2.29. The second kappa shape index (κ2) is 6.94. The molecular weight excluding hydrogens is 336 g/mol. The molecule has 2 aliphatic heterocycles. The van der Waals surface area contributed by atoms with Gasteiger partial charge in [0.05, 0.1) is 31.0 Å². The fourth-order valence-electron chi connectivity index (χ4n) is 2.88. The van der Waals surface area contributed by atoms with E-state index in [1.807, 2.05) is 0 Å². The molecule has 10 heteroatoms. The highest BCUT2D eigenvalue weighted by atomic mass is 19.1. The molecular formula is C15H15F2N5O3. The number of amides is 1. The summed E-state index contributed by atoms with van der Waals surface area (Å²) in [6.07, 6.45) is -2.84. The van der Waals surface area contributed by atoms with Gasteiger partial charge in [-0.25, -0.2) is 13.6 Å². The molecule has 0 radical (unpaired) electrons. The lowest BCUT2D eigenvalue weighted by atomic mass is 10.1. The number of rotatable bonds is 4. The number of nitrogens with zero attached hydrogens (tertiary/aromatic N) is 5. The van der Waals surface area contributed by atoms with E-state index in [4.69, 9.17) is 10.3 Å². The number of carbonyl (C=O) groups is 2. The Bertz CT molecular complexity index is 753. The first-order valence-corrected chi connectivity index (χ1v) is 7.70. The minimum atomic E-state index is -1.62. The zero-order valence-electron chi connectivity index (χ0n) is 13.1. The Balaban J connectivity index is 1.75. The molecule has 132 valence electrons. The Morgan fingerprint density at radius 1 is 1.36 bits per heavy atom. The van der Waals surface area contributed by atoms with Gasteiger partial charge in [-0.3, -0.25) is 9.69 Å². The van der Waals surface area contributed by atoms with Crippen LogP contribution in [0.15, 0.2) is 23.3 Å². The Kier molecular flexibility index (Phi) is 4.71. The molecule has 0 N–H and O–H groups in total. The number of halogens is 2. The van der Waals surface area contributed by atoms with Gasteiger partial charge in [0.15, 0.2) is 12.0 Å². The number of carbonyl (C=O) groups excluding carboxylic acids is 2. The highest BCUT2D eigenvalue weighted by molar-refractivity contribution is 5.90. The lowest BCUT2D eigenvalue weighted by Gasteiger charge is -2.30. The van der Waals surface area contributed by atoms with E-state index in [0.29, 0.717) is 5.69 Å². The van der Waals surface area contributed by atoms with Gasteiger partial charge in [-0.15, -0.1) is 0 Å². The number of alkyl halides is 1. The SMILES string of the molecule is [N-]=[N+]=NC[C@H]1CN(c2ccc(N3CCC(=O)C(F)C3)c(F)c2)C(=O)O1. The van der Waals surface area contributed by atoms with Gasteiger partial charge in [-0.2, -0.15) is 0 Å². The summed E-state index contributed by atoms with van der Waals surface area (Å²) in [6, 6.07) is 4.14. The molecule has 1 aromatic rings. The number of anilines is 2. The maximum absolute atomic E-state index is 14.4. The van der Waals surface area contributed by atoms with Gasteiger partial charge in [0.25, 0.3) is 0 Å². The van der Waals surface area contributed by atoms with E-state index >= 15 is 0 Å². The lowest BCUT2D eigenvalue weighted by molar-refractivity contribution is -0.124. The van der Waals surface area contributed by atoms with Crippen LogP contribution in [0.5, 0.6) is 0 Å². The van der Waals surface area contributed by atoms with Gasteiger partial charge < -0.3 is 9.64 Å². The molecule has 1 amide bonds. The van der Waals surface area contributed by atoms with Crippen molar-refractivity contribution in [2.45, 2.75) is 18.7 Å². The molecule has 2 atom stereocenters. The topological polar surface area (TPSA) is 98.6 Å². The molecule has 1 aromatic carbocycles. The summed E-state index contributed by atoms with van der Waals surface area (Å²) in [5.74, 6) is -1.09. The lowest BCUT2D eigenvalue weighted by Crippen LogP contribution is -2.42. The number of ketones is 1. The molecule has 2 fully saturated rings. The summed E-state index contributed by atoms with van der Waals surface area (Å²) < 4.78 is 33.0. The number of hydrogen-bond acceptors (Lipinski definition) is 5. The monoisotopic (exact) mass is 351 g/mol. The van der Waals surface area contributed by atoms with E-state index in [1.54, 1.807) is 0 Å². The number of ether oxygens (including phenoxy) is 1. The first kappa shape index (κ1) is 17.0. The molecule has 0 aromatic heterocycles. The Hall–Kier alpha value is -2.87.